The van der Waals surface area contributed by atoms with Gasteiger partial charge in [0.05, 0.1) is 17.1 Å². The van der Waals surface area contributed by atoms with Gasteiger partial charge < -0.3 is 4.74 Å². The number of halogens is 3. The van der Waals surface area contributed by atoms with Gasteiger partial charge in [0.1, 0.15) is 17.1 Å². The molecule has 0 unspecified atom stereocenters. The van der Waals surface area contributed by atoms with Crippen LogP contribution in [0.4, 0.5) is 18.9 Å². The number of amidine groups is 1. The molecule has 0 atom stereocenters. The van der Waals surface area contributed by atoms with Gasteiger partial charge in [-0.2, -0.15) is 0 Å². The van der Waals surface area contributed by atoms with Crippen LogP contribution < -0.4 is 9.64 Å². The van der Waals surface area contributed by atoms with Crippen molar-refractivity contribution in [2.45, 2.75) is 39.5 Å². The van der Waals surface area contributed by atoms with Crippen LogP contribution >= 0.6 is 24.0 Å². The highest BCUT2D eigenvalue weighted by molar-refractivity contribution is 8.15. The quantitative estimate of drug-likeness (QED) is 0.199. The smallest absolute Gasteiger partial charge is 0.406 e. The molecule has 4 aromatic rings. The first-order valence-electron chi connectivity index (χ1n) is 13.1. The van der Waals surface area contributed by atoms with Crippen LogP contribution in [0.1, 0.15) is 30.0 Å². The van der Waals surface area contributed by atoms with Crippen molar-refractivity contribution in [2.24, 2.45) is 4.99 Å². The van der Waals surface area contributed by atoms with Gasteiger partial charge in [-0.3, -0.25) is 9.69 Å². The van der Waals surface area contributed by atoms with E-state index in [4.69, 9.17) is 12.2 Å². The van der Waals surface area contributed by atoms with E-state index >= 15 is 0 Å². The van der Waals surface area contributed by atoms with E-state index in [1.54, 1.807) is 4.90 Å². The number of carbonyl (C=O) groups excluding carboxylic acids is 1. The predicted molar refractivity (Wildman–Crippen MR) is 162 cm³/mol. The minimum atomic E-state index is -4.75. The van der Waals surface area contributed by atoms with Crippen molar-refractivity contribution in [1.29, 1.82) is 0 Å². The van der Waals surface area contributed by atoms with E-state index < -0.39 is 6.36 Å². The molecule has 42 heavy (non-hydrogen) atoms. The Bertz CT molecular complexity index is 1630. The van der Waals surface area contributed by atoms with Crippen LogP contribution in [0.5, 0.6) is 5.75 Å². The zero-order valence-corrected chi connectivity index (χ0v) is 24.4. The number of thioether (sulfide) groups is 1. The number of hydrogen-bond acceptors (Lipinski definition) is 6. The van der Waals surface area contributed by atoms with Crippen molar-refractivity contribution in [3.63, 3.8) is 0 Å². The average molecular weight is 610 g/mol. The topological polar surface area (TPSA) is 72.6 Å². The van der Waals surface area contributed by atoms with Crippen molar-refractivity contribution >= 4 is 45.7 Å². The Balaban J connectivity index is 1.21. The molecule has 5 rings (SSSR count). The molecule has 1 aliphatic heterocycles. The fourth-order valence-electron chi connectivity index (χ4n) is 4.42. The first-order chi connectivity index (χ1) is 20.1. The summed E-state index contributed by atoms with van der Waals surface area (Å²) < 4.78 is 42.6. The third kappa shape index (κ3) is 7.05. The Morgan fingerprint density at radius 3 is 2.52 bits per heavy atom. The fraction of sp³-hybridized carbons (Fsp3) is 0.233. The molecule has 1 amide bonds. The van der Waals surface area contributed by atoms with Crippen molar-refractivity contribution in [3.05, 3.63) is 89.7 Å². The number of nitrogens with zero attached hydrogens (tertiary/aromatic N) is 5. The second-order valence-electron chi connectivity index (χ2n) is 9.54. The third-order valence-electron chi connectivity index (χ3n) is 6.51. The molecule has 1 saturated heterocycles. The second-order valence-corrected chi connectivity index (χ2v) is 11.0. The Kier molecular flexibility index (Phi) is 8.74. The fourth-order valence-corrected chi connectivity index (χ4v) is 5.55. The van der Waals surface area contributed by atoms with Crippen molar-refractivity contribution < 1.29 is 22.7 Å². The molecule has 0 N–H and O–H groups in total. The summed E-state index contributed by atoms with van der Waals surface area (Å²) in [5, 5.41) is 5.06. The number of thiocarbonyl (C=S) groups is 1. The lowest BCUT2D eigenvalue weighted by molar-refractivity contribution is -0.274. The molecular formula is C30H26F3N5O2S2. The third-order valence-corrected chi connectivity index (χ3v) is 7.73. The summed E-state index contributed by atoms with van der Waals surface area (Å²) in [7, 11) is 0. The molecule has 0 radical (unpaired) electrons. The number of amides is 1. The minimum absolute atomic E-state index is 0.000903. The van der Waals surface area contributed by atoms with Crippen LogP contribution in [-0.2, 0) is 17.6 Å². The molecule has 216 valence electrons. The standard InChI is InChI=1S/C30H26F3N5O2S2/c1-3-21-8-4-19(2)16-25(21)38-27(39)17-42-29(38)35-26(41)15-7-20-5-9-22(10-6-20)28-34-18-37(36-28)23-11-13-24(14-12-23)40-30(31,32)33/h4-6,8-14,16,18H,3,7,15,17H2,1-2H3. The van der Waals surface area contributed by atoms with E-state index in [-0.39, 0.29) is 11.7 Å². The Hall–Kier alpha value is -4.03. The molecule has 0 bridgehead atoms. The maximum absolute atomic E-state index is 12.7. The summed E-state index contributed by atoms with van der Waals surface area (Å²) in [4.78, 5) is 23.9. The normalized spacial score (nSPS) is 14.5. The van der Waals surface area contributed by atoms with Crippen molar-refractivity contribution in [2.75, 3.05) is 10.7 Å². The first-order valence-corrected chi connectivity index (χ1v) is 14.5. The van der Waals surface area contributed by atoms with Crippen LogP contribution in [0.3, 0.4) is 0 Å². The van der Waals surface area contributed by atoms with Gasteiger partial charge in [0.25, 0.3) is 0 Å². The van der Waals surface area contributed by atoms with Gasteiger partial charge in [0, 0.05) is 12.0 Å². The molecular weight excluding hydrogens is 583 g/mol. The van der Waals surface area contributed by atoms with Crippen molar-refractivity contribution in [1.82, 2.24) is 14.8 Å². The number of carbonyl (C=O) groups is 1. The Morgan fingerprint density at radius 1 is 1.10 bits per heavy atom. The summed E-state index contributed by atoms with van der Waals surface area (Å²) >= 11 is 6.98. The van der Waals surface area contributed by atoms with Crippen LogP contribution in [-0.4, -0.2) is 42.9 Å². The molecule has 1 aromatic heterocycles. The average Bonchev–Trinajstić information content (AvgIpc) is 3.59. The van der Waals surface area contributed by atoms with Crippen LogP contribution in [0.15, 0.2) is 78.0 Å². The Labute approximate surface area is 250 Å². The zero-order chi connectivity index (χ0) is 29.9. The van der Waals surface area contributed by atoms with Gasteiger partial charge in [0.15, 0.2) is 11.0 Å². The Morgan fingerprint density at radius 2 is 1.83 bits per heavy atom. The second kappa shape index (κ2) is 12.5. The molecule has 12 heteroatoms. The highest BCUT2D eigenvalue weighted by Gasteiger charge is 2.32. The molecule has 7 nitrogen and oxygen atoms in total. The number of benzene rings is 3. The van der Waals surface area contributed by atoms with Gasteiger partial charge in [-0.1, -0.05) is 67.3 Å². The van der Waals surface area contributed by atoms with E-state index in [9.17, 15) is 18.0 Å². The molecule has 1 fully saturated rings. The van der Waals surface area contributed by atoms with Gasteiger partial charge in [-0.05, 0) is 66.8 Å². The molecule has 0 aliphatic carbocycles. The number of aromatic nitrogens is 3. The number of hydrogen-bond donors (Lipinski definition) is 0. The van der Waals surface area contributed by atoms with Gasteiger partial charge in [-0.15, -0.1) is 18.3 Å². The largest absolute Gasteiger partial charge is 0.573 e. The molecule has 3 aromatic carbocycles. The van der Waals surface area contributed by atoms with Crippen LogP contribution in [0.2, 0.25) is 0 Å². The summed E-state index contributed by atoms with van der Waals surface area (Å²) in [6.45, 7) is 4.07. The summed E-state index contributed by atoms with van der Waals surface area (Å²) in [6, 6.07) is 19.2. The number of alkyl halides is 3. The number of ether oxygens (including phenoxy) is 1. The lowest BCUT2D eigenvalue weighted by atomic mass is 10.1. The summed E-state index contributed by atoms with van der Waals surface area (Å²) in [6.07, 6.45) is -1.22. The van der Waals surface area contributed by atoms with Gasteiger partial charge in [0.2, 0.25) is 5.91 Å². The summed E-state index contributed by atoms with van der Waals surface area (Å²) in [5.74, 6) is 0.505. The van der Waals surface area contributed by atoms with E-state index in [0.717, 1.165) is 34.4 Å². The number of aliphatic imine (C=N–C) groups is 1. The minimum Gasteiger partial charge on any atom is -0.406 e. The van der Waals surface area contributed by atoms with E-state index in [2.05, 4.69) is 32.8 Å². The lowest BCUT2D eigenvalue weighted by Crippen LogP contribution is -2.30. The lowest BCUT2D eigenvalue weighted by Gasteiger charge is -2.20. The highest BCUT2D eigenvalue weighted by atomic mass is 32.2. The predicted octanol–water partition coefficient (Wildman–Crippen LogP) is 7.10. The molecule has 1 aliphatic rings. The van der Waals surface area contributed by atoms with E-state index in [1.165, 1.54) is 47.0 Å². The van der Waals surface area contributed by atoms with Gasteiger partial charge >= 0.3 is 6.36 Å². The monoisotopic (exact) mass is 609 g/mol. The molecule has 2 heterocycles. The van der Waals surface area contributed by atoms with Gasteiger partial charge in [-0.25, -0.2) is 14.7 Å². The van der Waals surface area contributed by atoms with E-state index in [0.29, 0.717) is 40.3 Å². The SMILES string of the molecule is CCc1ccc(C)cc1N1C(=O)CSC1=NC(=S)CCc1ccc(-c2ncn(-c3ccc(OC(F)(F)F)cc3)n2)cc1. The number of aryl methyl sites for hydroxylation is 3. The molecule has 0 saturated carbocycles. The van der Waals surface area contributed by atoms with Crippen LogP contribution in [0, 0.1) is 6.92 Å². The first kappa shape index (κ1) is 29.5. The zero-order valence-electron chi connectivity index (χ0n) is 22.8. The highest BCUT2D eigenvalue weighted by Crippen LogP contribution is 2.31. The maximum atomic E-state index is 12.7. The number of rotatable bonds is 8. The van der Waals surface area contributed by atoms with Crippen LogP contribution in [0.25, 0.3) is 17.1 Å². The maximum Gasteiger partial charge on any atom is 0.573 e. The van der Waals surface area contributed by atoms with E-state index in [1.807, 2.05) is 43.3 Å². The van der Waals surface area contributed by atoms with Crippen molar-refractivity contribution in [3.8, 4) is 22.8 Å². The number of anilines is 1. The summed E-state index contributed by atoms with van der Waals surface area (Å²) in [5.41, 5.74) is 5.42. The molecule has 0 spiro atoms.